The van der Waals surface area contributed by atoms with Crippen LogP contribution in [0.4, 0.5) is 13.2 Å². The van der Waals surface area contributed by atoms with Gasteiger partial charge in [-0.15, -0.1) is 12.4 Å². The van der Waals surface area contributed by atoms with Crippen LogP contribution in [0.3, 0.4) is 0 Å². The van der Waals surface area contributed by atoms with E-state index in [0.29, 0.717) is 6.07 Å². The molecule has 0 aromatic heterocycles. The minimum Gasteiger partial charge on any atom is -0.330 e. The number of benzene rings is 1. The fourth-order valence-corrected chi connectivity index (χ4v) is 3.34. The Hall–Kier alpha value is -1.34. The molecule has 0 bridgehead atoms. The zero-order valence-electron chi connectivity index (χ0n) is 13.4. The second-order valence-corrected chi connectivity index (χ2v) is 7.99. The van der Waals surface area contributed by atoms with Gasteiger partial charge in [0.2, 0.25) is 10.0 Å². The van der Waals surface area contributed by atoms with Crippen LogP contribution >= 0.6 is 12.4 Å². The van der Waals surface area contributed by atoms with E-state index >= 15 is 0 Å². The van der Waals surface area contributed by atoms with E-state index in [-0.39, 0.29) is 30.4 Å². The SMILES string of the molecule is CN(CC(C)(C)CN)S(=O)(=O)c1ccc(C(F)(F)F)c(C#N)c1.Cl. The Morgan fingerprint density at radius 1 is 1.29 bits per heavy atom. The van der Waals surface area contributed by atoms with Gasteiger partial charge in [-0.05, 0) is 30.2 Å². The van der Waals surface area contributed by atoms with Gasteiger partial charge in [-0.3, -0.25) is 0 Å². The van der Waals surface area contributed by atoms with Crippen LogP contribution in [-0.4, -0.2) is 32.9 Å². The summed E-state index contributed by atoms with van der Waals surface area (Å²) in [4.78, 5) is -0.364. The highest BCUT2D eigenvalue weighted by Gasteiger charge is 2.35. The smallest absolute Gasteiger partial charge is 0.330 e. The van der Waals surface area contributed by atoms with Crippen molar-refractivity contribution in [1.29, 1.82) is 5.26 Å². The number of nitrogens with zero attached hydrogens (tertiary/aromatic N) is 2. The van der Waals surface area contributed by atoms with Gasteiger partial charge in [-0.2, -0.15) is 18.4 Å². The van der Waals surface area contributed by atoms with Gasteiger partial charge in [-0.25, -0.2) is 12.7 Å². The number of rotatable bonds is 5. The first-order valence-corrected chi connectivity index (χ1v) is 8.07. The zero-order valence-corrected chi connectivity index (χ0v) is 15.0. The average molecular weight is 386 g/mol. The first kappa shape index (κ1) is 22.7. The minimum atomic E-state index is -4.72. The molecule has 10 heteroatoms. The quantitative estimate of drug-likeness (QED) is 0.843. The van der Waals surface area contributed by atoms with Crippen molar-refractivity contribution in [2.75, 3.05) is 20.1 Å². The lowest BCUT2D eigenvalue weighted by molar-refractivity contribution is -0.137. The van der Waals surface area contributed by atoms with Crippen LogP contribution in [0.15, 0.2) is 23.1 Å². The Morgan fingerprint density at radius 2 is 1.83 bits per heavy atom. The molecule has 0 radical (unpaired) electrons. The molecule has 5 nitrogen and oxygen atoms in total. The first-order chi connectivity index (χ1) is 10.3. The summed E-state index contributed by atoms with van der Waals surface area (Å²) in [6.07, 6.45) is -4.72. The van der Waals surface area contributed by atoms with Crippen molar-refractivity contribution in [2.24, 2.45) is 11.1 Å². The van der Waals surface area contributed by atoms with Crippen molar-refractivity contribution < 1.29 is 21.6 Å². The molecule has 2 N–H and O–H groups in total. The normalized spacial score (nSPS) is 12.6. The van der Waals surface area contributed by atoms with Gasteiger partial charge in [0.05, 0.1) is 22.1 Å². The number of hydrogen-bond donors (Lipinski definition) is 1. The first-order valence-electron chi connectivity index (χ1n) is 6.63. The Labute approximate surface area is 145 Å². The number of halogens is 4. The molecule has 0 fully saturated rings. The molecule has 0 saturated heterocycles. The Bertz CT molecular complexity index is 728. The van der Waals surface area contributed by atoms with Gasteiger partial charge in [-0.1, -0.05) is 13.8 Å². The topological polar surface area (TPSA) is 87.2 Å². The minimum absolute atomic E-state index is 0. The number of nitriles is 1. The summed E-state index contributed by atoms with van der Waals surface area (Å²) < 4.78 is 64.2. The van der Waals surface area contributed by atoms with Crippen LogP contribution in [0.5, 0.6) is 0 Å². The van der Waals surface area contributed by atoms with Crippen LogP contribution in [-0.2, 0) is 16.2 Å². The third-order valence-corrected chi connectivity index (χ3v) is 5.13. The molecule has 0 aliphatic carbocycles. The highest BCUT2D eigenvalue weighted by molar-refractivity contribution is 7.89. The van der Waals surface area contributed by atoms with Crippen LogP contribution in [0, 0.1) is 16.7 Å². The third-order valence-electron chi connectivity index (χ3n) is 3.33. The monoisotopic (exact) mass is 385 g/mol. The molecule has 136 valence electrons. The molecule has 0 saturated carbocycles. The van der Waals surface area contributed by atoms with Gasteiger partial charge >= 0.3 is 6.18 Å². The van der Waals surface area contributed by atoms with Crippen LogP contribution in [0.1, 0.15) is 25.0 Å². The van der Waals surface area contributed by atoms with E-state index in [9.17, 15) is 21.6 Å². The van der Waals surface area contributed by atoms with Gasteiger partial charge < -0.3 is 5.73 Å². The Morgan fingerprint density at radius 3 is 2.25 bits per heavy atom. The Balaban J connectivity index is 0.00000529. The van der Waals surface area contributed by atoms with Gasteiger partial charge in [0.1, 0.15) is 0 Å². The molecule has 0 heterocycles. The summed E-state index contributed by atoms with van der Waals surface area (Å²) in [5, 5.41) is 8.86. The van der Waals surface area contributed by atoms with Crippen molar-refractivity contribution in [2.45, 2.75) is 24.9 Å². The molecule has 0 atom stereocenters. The maximum atomic E-state index is 12.8. The molecule has 24 heavy (non-hydrogen) atoms. The fraction of sp³-hybridized carbons (Fsp3) is 0.500. The highest BCUT2D eigenvalue weighted by atomic mass is 35.5. The van der Waals surface area contributed by atoms with E-state index in [0.717, 1.165) is 16.4 Å². The zero-order chi connectivity index (χ0) is 18.1. The summed E-state index contributed by atoms with van der Waals surface area (Å²) in [6, 6.07) is 3.59. The third kappa shape index (κ3) is 5.08. The van der Waals surface area contributed by atoms with E-state index in [1.54, 1.807) is 13.8 Å². The molecule has 0 aliphatic heterocycles. The molecular weight excluding hydrogens is 367 g/mol. The standard InChI is InChI=1S/C14H18F3N3O2S.ClH/c1-13(2,8-19)9-20(3)23(21,22)11-4-5-12(14(15,16)17)10(6-11)7-18;/h4-6H,8-9,19H2,1-3H3;1H. The number of hydrogen-bond acceptors (Lipinski definition) is 4. The van der Waals surface area contributed by atoms with Crippen molar-refractivity contribution in [3.63, 3.8) is 0 Å². The lowest BCUT2D eigenvalue weighted by atomic mass is 9.94. The van der Waals surface area contributed by atoms with Crippen molar-refractivity contribution in [3.05, 3.63) is 29.3 Å². The maximum Gasteiger partial charge on any atom is 0.417 e. The molecule has 0 aliphatic rings. The maximum absolute atomic E-state index is 12.8. The molecule has 1 aromatic rings. The van der Waals surface area contributed by atoms with Crippen LogP contribution in [0.25, 0.3) is 0 Å². The average Bonchev–Trinajstić information content (AvgIpc) is 2.45. The summed E-state index contributed by atoms with van der Waals surface area (Å²) in [5.41, 5.74) is 3.17. The summed E-state index contributed by atoms with van der Waals surface area (Å²) in [6.45, 7) is 3.87. The molecule has 0 unspecified atom stereocenters. The predicted octanol–water partition coefficient (Wildman–Crippen LogP) is 2.60. The van der Waals surface area contributed by atoms with Crippen molar-refractivity contribution in [3.8, 4) is 6.07 Å². The molecule has 0 spiro atoms. The predicted molar refractivity (Wildman–Crippen MR) is 86.1 cm³/mol. The summed E-state index contributed by atoms with van der Waals surface area (Å²) in [5.74, 6) is 0. The van der Waals surface area contributed by atoms with Crippen molar-refractivity contribution in [1.82, 2.24) is 4.31 Å². The van der Waals surface area contributed by atoms with E-state index in [2.05, 4.69) is 0 Å². The number of nitrogens with two attached hydrogens (primary N) is 1. The summed E-state index contributed by atoms with van der Waals surface area (Å²) >= 11 is 0. The molecule has 1 rings (SSSR count). The second kappa shape index (κ2) is 7.70. The van der Waals surface area contributed by atoms with E-state index in [1.807, 2.05) is 0 Å². The van der Waals surface area contributed by atoms with Crippen LogP contribution in [0.2, 0.25) is 0 Å². The van der Waals surface area contributed by atoms with Crippen molar-refractivity contribution >= 4 is 22.4 Å². The number of alkyl halides is 3. The Kier molecular flexibility index (Phi) is 7.27. The van der Waals surface area contributed by atoms with Gasteiger partial charge in [0, 0.05) is 13.6 Å². The molecular formula is C14H19ClF3N3O2S. The van der Waals surface area contributed by atoms with E-state index in [1.165, 1.54) is 13.1 Å². The lowest BCUT2D eigenvalue weighted by Gasteiger charge is -2.28. The summed E-state index contributed by atoms with van der Waals surface area (Å²) in [7, 11) is -2.70. The molecule has 1 aromatic carbocycles. The van der Waals surface area contributed by atoms with E-state index in [4.69, 9.17) is 11.0 Å². The lowest BCUT2D eigenvalue weighted by Crippen LogP contribution is -2.39. The highest BCUT2D eigenvalue weighted by Crippen LogP contribution is 2.33. The largest absolute Gasteiger partial charge is 0.417 e. The van der Waals surface area contributed by atoms with Gasteiger partial charge in [0.15, 0.2) is 0 Å². The van der Waals surface area contributed by atoms with Gasteiger partial charge in [0.25, 0.3) is 0 Å². The molecule has 0 amide bonds. The fourth-order valence-electron chi connectivity index (χ4n) is 1.96. The van der Waals surface area contributed by atoms with E-state index < -0.39 is 32.7 Å². The van der Waals surface area contributed by atoms with Crippen LogP contribution < -0.4 is 5.73 Å². The number of sulfonamides is 1. The second-order valence-electron chi connectivity index (χ2n) is 5.95.